The molecule has 1 aromatic carbocycles. The Balaban J connectivity index is 1.94. The molecule has 8 heteroatoms. The summed E-state index contributed by atoms with van der Waals surface area (Å²) in [6.45, 7) is 1.75. The molecule has 1 aliphatic rings. The lowest BCUT2D eigenvalue weighted by atomic mass is 10.0. The standard InChI is InChI=1S/C13H17ClN2O3S2/c1-13(5-6-21(18,19)8-13)16-11(17)7-20-12-9(14)3-2-4-10(12)15/h2-4H,5-8,15H2,1H3,(H,16,17). The van der Waals surface area contributed by atoms with Gasteiger partial charge in [-0.25, -0.2) is 8.42 Å². The van der Waals surface area contributed by atoms with Gasteiger partial charge in [-0.2, -0.15) is 0 Å². The summed E-state index contributed by atoms with van der Waals surface area (Å²) in [5, 5.41) is 3.30. The molecule has 21 heavy (non-hydrogen) atoms. The second kappa shape index (κ2) is 6.06. The van der Waals surface area contributed by atoms with Gasteiger partial charge in [0.25, 0.3) is 0 Å². The molecule has 1 heterocycles. The lowest BCUT2D eigenvalue weighted by Crippen LogP contribution is -2.47. The number of nitrogen functional groups attached to an aromatic ring is 1. The number of hydrogen-bond acceptors (Lipinski definition) is 5. The summed E-state index contributed by atoms with van der Waals surface area (Å²) in [6.07, 6.45) is 0.444. The number of rotatable bonds is 4. The second-order valence-corrected chi connectivity index (χ2v) is 8.97. The number of carbonyl (C=O) groups is 1. The third-order valence-electron chi connectivity index (χ3n) is 3.29. The van der Waals surface area contributed by atoms with E-state index in [1.807, 2.05) is 0 Å². The van der Waals surface area contributed by atoms with Gasteiger partial charge in [0.2, 0.25) is 5.91 Å². The minimum absolute atomic E-state index is 0.00929. The monoisotopic (exact) mass is 348 g/mol. The first-order chi connectivity index (χ1) is 9.71. The van der Waals surface area contributed by atoms with Crippen LogP contribution in [-0.4, -0.2) is 37.1 Å². The molecule has 0 spiro atoms. The number of nitrogens with one attached hydrogen (secondary N) is 1. The topological polar surface area (TPSA) is 89.3 Å². The van der Waals surface area contributed by atoms with Gasteiger partial charge in [0.1, 0.15) is 0 Å². The number of thioether (sulfide) groups is 1. The zero-order chi connectivity index (χ0) is 15.7. The normalized spacial score (nSPS) is 23.9. The predicted octanol–water partition coefficient (Wildman–Crippen LogP) is 1.71. The third kappa shape index (κ3) is 4.28. The number of anilines is 1. The maximum absolute atomic E-state index is 12.0. The van der Waals surface area contributed by atoms with Crippen molar-refractivity contribution in [3.05, 3.63) is 23.2 Å². The van der Waals surface area contributed by atoms with Gasteiger partial charge in [-0.3, -0.25) is 4.79 Å². The number of sulfone groups is 1. The molecule has 1 saturated heterocycles. The summed E-state index contributed by atoms with van der Waals surface area (Å²) in [4.78, 5) is 12.7. The van der Waals surface area contributed by atoms with Gasteiger partial charge < -0.3 is 11.1 Å². The van der Waals surface area contributed by atoms with Gasteiger partial charge in [-0.1, -0.05) is 17.7 Å². The first-order valence-corrected chi connectivity index (χ1v) is 9.57. The zero-order valence-electron chi connectivity index (χ0n) is 11.6. The first-order valence-electron chi connectivity index (χ1n) is 6.39. The lowest BCUT2D eigenvalue weighted by Gasteiger charge is -2.23. The summed E-state index contributed by atoms with van der Waals surface area (Å²) >= 11 is 7.28. The number of hydrogen-bond donors (Lipinski definition) is 2. The van der Waals surface area contributed by atoms with E-state index < -0.39 is 15.4 Å². The van der Waals surface area contributed by atoms with Crippen LogP contribution in [0.4, 0.5) is 5.69 Å². The van der Waals surface area contributed by atoms with E-state index in [9.17, 15) is 13.2 Å². The van der Waals surface area contributed by atoms with Crippen molar-refractivity contribution >= 4 is 44.8 Å². The van der Waals surface area contributed by atoms with Crippen LogP contribution in [0.25, 0.3) is 0 Å². The highest BCUT2D eigenvalue weighted by Gasteiger charge is 2.39. The molecule has 0 radical (unpaired) electrons. The van der Waals surface area contributed by atoms with Crippen molar-refractivity contribution in [3.63, 3.8) is 0 Å². The number of carbonyl (C=O) groups excluding carboxylic acids is 1. The average Bonchev–Trinajstić information content (AvgIpc) is 2.62. The van der Waals surface area contributed by atoms with Gasteiger partial charge in [-0.15, -0.1) is 11.8 Å². The van der Waals surface area contributed by atoms with Crippen LogP contribution in [0.3, 0.4) is 0 Å². The van der Waals surface area contributed by atoms with Crippen molar-refractivity contribution in [1.29, 1.82) is 0 Å². The molecule has 1 fully saturated rings. The van der Waals surface area contributed by atoms with Gasteiger partial charge in [0, 0.05) is 10.6 Å². The lowest BCUT2D eigenvalue weighted by molar-refractivity contribution is -0.120. The van der Waals surface area contributed by atoms with Crippen LogP contribution in [-0.2, 0) is 14.6 Å². The number of benzene rings is 1. The van der Waals surface area contributed by atoms with Crippen molar-refractivity contribution in [2.75, 3.05) is 23.0 Å². The van der Waals surface area contributed by atoms with Gasteiger partial charge in [0.05, 0.1) is 27.8 Å². The molecule has 1 unspecified atom stereocenters. The van der Waals surface area contributed by atoms with Gasteiger partial charge in [0.15, 0.2) is 9.84 Å². The van der Waals surface area contributed by atoms with Crippen LogP contribution in [0.1, 0.15) is 13.3 Å². The molecule has 1 atom stereocenters. The van der Waals surface area contributed by atoms with Gasteiger partial charge in [-0.05, 0) is 25.5 Å². The molecule has 3 N–H and O–H groups in total. The van der Waals surface area contributed by atoms with Crippen LogP contribution in [0.5, 0.6) is 0 Å². The fourth-order valence-corrected chi connectivity index (χ4v) is 5.52. The first kappa shape index (κ1) is 16.5. The van der Waals surface area contributed by atoms with Crippen LogP contribution in [0.2, 0.25) is 5.02 Å². The minimum atomic E-state index is -3.04. The summed E-state index contributed by atoms with van der Waals surface area (Å²) in [6, 6.07) is 5.17. The third-order valence-corrected chi connectivity index (χ3v) is 6.77. The highest BCUT2D eigenvalue weighted by molar-refractivity contribution is 8.00. The smallest absolute Gasteiger partial charge is 0.230 e. The van der Waals surface area contributed by atoms with Crippen molar-refractivity contribution < 1.29 is 13.2 Å². The number of nitrogens with two attached hydrogens (primary N) is 1. The molecule has 5 nitrogen and oxygen atoms in total. The summed E-state index contributed by atoms with van der Waals surface area (Å²) in [5.41, 5.74) is 5.66. The van der Waals surface area contributed by atoms with Crippen molar-refractivity contribution in [2.45, 2.75) is 23.8 Å². The molecule has 116 valence electrons. The van der Waals surface area contributed by atoms with E-state index in [1.54, 1.807) is 25.1 Å². The Kier molecular flexibility index (Phi) is 4.75. The molecule has 0 bridgehead atoms. The van der Waals surface area contributed by atoms with Crippen LogP contribution < -0.4 is 11.1 Å². The SMILES string of the molecule is CC1(NC(=O)CSc2c(N)cccc2Cl)CCS(=O)(=O)C1. The predicted molar refractivity (Wildman–Crippen MR) is 86.4 cm³/mol. The summed E-state index contributed by atoms with van der Waals surface area (Å²) in [5.74, 6) is 0.0294. The molecule has 0 aromatic heterocycles. The number of halogens is 1. The van der Waals surface area contributed by atoms with E-state index in [2.05, 4.69) is 5.32 Å². The Morgan fingerprint density at radius 3 is 2.81 bits per heavy atom. The Morgan fingerprint density at radius 1 is 1.52 bits per heavy atom. The van der Waals surface area contributed by atoms with E-state index in [4.69, 9.17) is 17.3 Å². The van der Waals surface area contributed by atoms with Crippen molar-refractivity contribution in [2.24, 2.45) is 0 Å². The molecule has 1 amide bonds. The summed E-state index contributed by atoms with van der Waals surface area (Å²) in [7, 11) is -3.04. The molecule has 1 aromatic rings. The fourth-order valence-electron chi connectivity index (χ4n) is 2.30. The highest BCUT2D eigenvalue weighted by atomic mass is 35.5. The van der Waals surface area contributed by atoms with E-state index in [0.29, 0.717) is 22.0 Å². The molecule has 1 aliphatic heterocycles. The highest BCUT2D eigenvalue weighted by Crippen LogP contribution is 2.32. The van der Waals surface area contributed by atoms with Crippen LogP contribution in [0, 0.1) is 0 Å². The van der Waals surface area contributed by atoms with Crippen molar-refractivity contribution in [1.82, 2.24) is 5.32 Å². The zero-order valence-corrected chi connectivity index (χ0v) is 13.9. The Bertz CT molecular complexity index is 643. The van der Waals surface area contributed by atoms with E-state index in [1.165, 1.54) is 11.8 Å². The Labute approximate surface area is 133 Å². The number of amides is 1. The minimum Gasteiger partial charge on any atom is -0.398 e. The van der Waals surface area contributed by atoms with E-state index in [0.717, 1.165) is 0 Å². The summed E-state index contributed by atoms with van der Waals surface area (Å²) < 4.78 is 23.0. The molecule has 2 rings (SSSR count). The maximum Gasteiger partial charge on any atom is 0.230 e. The molecular weight excluding hydrogens is 332 g/mol. The molecular formula is C13H17ClN2O3S2. The quantitative estimate of drug-likeness (QED) is 0.638. The average molecular weight is 349 g/mol. The Morgan fingerprint density at radius 2 is 2.24 bits per heavy atom. The second-order valence-electron chi connectivity index (χ2n) is 5.40. The maximum atomic E-state index is 12.0. The van der Waals surface area contributed by atoms with E-state index in [-0.39, 0.29) is 23.2 Å². The fraction of sp³-hybridized carbons (Fsp3) is 0.462. The largest absolute Gasteiger partial charge is 0.398 e. The van der Waals surface area contributed by atoms with Crippen molar-refractivity contribution in [3.8, 4) is 0 Å². The molecule has 0 saturated carbocycles. The van der Waals surface area contributed by atoms with Gasteiger partial charge >= 0.3 is 0 Å². The Hall–Kier alpha value is -0.920. The van der Waals surface area contributed by atoms with Crippen LogP contribution >= 0.6 is 23.4 Å². The van der Waals surface area contributed by atoms with E-state index >= 15 is 0 Å². The van der Waals surface area contributed by atoms with Crippen LogP contribution in [0.15, 0.2) is 23.1 Å². The molecule has 0 aliphatic carbocycles.